The Bertz CT molecular complexity index is 836. The van der Waals surface area contributed by atoms with Crippen LogP contribution >= 0.6 is 0 Å². The number of likely N-dealkylation sites (tertiary alicyclic amines) is 1. The van der Waals surface area contributed by atoms with Crippen LogP contribution in [-0.4, -0.2) is 40.3 Å². The van der Waals surface area contributed by atoms with Crippen molar-refractivity contribution in [2.75, 3.05) is 13.1 Å². The van der Waals surface area contributed by atoms with Gasteiger partial charge in [-0.15, -0.1) is 0 Å². The Balaban J connectivity index is 1.39. The molecule has 1 atom stereocenters. The minimum absolute atomic E-state index is 0.146. The predicted octanol–water partition coefficient (Wildman–Crippen LogP) is 3.43. The molecule has 2 aliphatic heterocycles. The maximum Gasteiger partial charge on any atom is 0.222 e. The Hall–Kier alpha value is -2.69. The number of hydrogen-bond acceptors (Lipinski definition) is 4. The number of ketones is 1. The summed E-state index contributed by atoms with van der Waals surface area (Å²) in [5.41, 5.74) is 1.29. The van der Waals surface area contributed by atoms with Gasteiger partial charge in [0.1, 0.15) is 11.4 Å². The highest BCUT2D eigenvalue weighted by Gasteiger charge is 2.41. The van der Waals surface area contributed by atoms with E-state index in [4.69, 9.17) is 4.74 Å². The molecule has 1 saturated heterocycles. The smallest absolute Gasteiger partial charge is 0.222 e. The van der Waals surface area contributed by atoms with Gasteiger partial charge >= 0.3 is 0 Å². The number of pyridine rings is 1. The van der Waals surface area contributed by atoms with Crippen LogP contribution in [0.1, 0.15) is 48.0 Å². The second-order valence-electron chi connectivity index (χ2n) is 7.48. The summed E-state index contributed by atoms with van der Waals surface area (Å²) >= 11 is 0. The average molecular weight is 364 g/mol. The van der Waals surface area contributed by atoms with Crippen molar-refractivity contribution in [1.82, 2.24) is 9.88 Å². The Labute approximate surface area is 159 Å². The molecule has 4 rings (SSSR count). The van der Waals surface area contributed by atoms with Gasteiger partial charge in [0.05, 0.1) is 12.0 Å². The molecule has 1 aromatic carbocycles. The van der Waals surface area contributed by atoms with Crippen molar-refractivity contribution in [1.29, 1.82) is 0 Å². The number of rotatable bonds is 3. The Morgan fingerprint density at radius 3 is 2.89 bits per heavy atom. The number of carbonyl (C=O) groups is 2. The molecule has 140 valence electrons. The Kier molecular flexibility index (Phi) is 4.92. The molecule has 0 radical (unpaired) electrons. The maximum atomic E-state index is 12.7. The second-order valence-corrected chi connectivity index (χ2v) is 7.48. The lowest BCUT2D eigenvalue weighted by molar-refractivity contribution is -0.131. The lowest BCUT2D eigenvalue weighted by atomic mass is 9.84. The summed E-state index contributed by atoms with van der Waals surface area (Å²) < 4.78 is 6.30. The van der Waals surface area contributed by atoms with Crippen LogP contribution in [0.2, 0.25) is 0 Å². The lowest BCUT2D eigenvalue weighted by Crippen LogP contribution is -2.43. The summed E-state index contributed by atoms with van der Waals surface area (Å²) in [5.74, 6) is 0.997. The van der Waals surface area contributed by atoms with Crippen LogP contribution in [0.3, 0.4) is 0 Å². The van der Waals surface area contributed by atoms with Gasteiger partial charge in [-0.05, 0) is 43.0 Å². The standard InChI is InChI=1S/C22H24N2O3/c25-19-15-22(27-20-7-2-1-6-18(19)20)10-4-13-24(14-11-22)21(26)9-8-17-5-3-12-23-16-17/h1-3,5-7,12,16H,4,8-11,13-15H2. The predicted molar refractivity (Wildman–Crippen MR) is 102 cm³/mol. The van der Waals surface area contributed by atoms with E-state index in [-0.39, 0.29) is 11.7 Å². The number of nitrogens with zero attached hydrogens (tertiary/aromatic N) is 2. The molecule has 1 amide bonds. The minimum atomic E-state index is -0.468. The van der Waals surface area contributed by atoms with Gasteiger partial charge in [-0.2, -0.15) is 0 Å². The van der Waals surface area contributed by atoms with E-state index in [0.717, 1.165) is 24.9 Å². The van der Waals surface area contributed by atoms with Gasteiger partial charge in [0, 0.05) is 38.3 Å². The highest BCUT2D eigenvalue weighted by Crippen LogP contribution is 2.39. The van der Waals surface area contributed by atoms with Crippen molar-refractivity contribution in [2.24, 2.45) is 0 Å². The average Bonchev–Trinajstić information content (AvgIpc) is 2.89. The molecule has 0 bridgehead atoms. The van der Waals surface area contributed by atoms with Crippen molar-refractivity contribution in [3.05, 3.63) is 59.9 Å². The number of para-hydroxylation sites is 1. The third-order valence-electron chi connectivity index (χ3n) is 5.60. The fourth-order valence-corrected chi connectivity index (χ4v) is 4.09. The SMILES string of the molecule is O=C1CC2(CCCN(C(=O)CCc3cccnc3)CC2)Oc2ccccc21. The number of aryl methyl sites for hydroxylation is 1. The molecule has 0 saturated carbocycles. The molecular weight excluding hydrogens is 340 g/mol. The maximum absolute atomic E-state index is 12.7. The first-order chi connectivity index (χ1) is 13.2. The van der Waals surface area contributed by atoms with E-state index in [1.165, 1.54) is 0 Å². The summed E-state index contributed by atoms with van der Waals surface area (Å²) in [7, 11) is 0. The van der Waals surface area contributed by atoms with Gasteiger partial charge in [0.2, 0.25) is 5.91 Å². The summed E-state index contributed by atoms with van der Waals surface area (Å²) in [5, 5.41) is 0. The van der Waals surface area contributed by atoms with Gasteiger partial charge in [0.15, 0.2) is 5.78 Å². The van der Waals surface area contributed by atoms with Gasteiger partial charge in [-0.25, -0.2) is 0 Å². The molecule has 1 fully saturated rings. The van der Waals surface area contributed by atoms with E-state index in [0.29, 0.717) is 43.5 Å². The van der Waals surface area contributed by atoms with Crippen molar-refractivity contribution in [3.63, 3.8) is 0 Å². The molecule has 0 N–H and O–H groups in total. The number of ether oxygens (including phenoxy) is 1. The van der Waals surface area contributed by atoms with Gasteiger partial charge < -0.3 is 9.64 Å². The molecule has 0 aliphatic carbocycles. The number of carbonyl (C=O) groups excluding carboxylic acids is 2. The number of fused-ring (bicyclic) bond motifs is 1. The quantitative estimate of drug-likeness (QED) is 0.837. The molecule has 2 aromatic rings. The largest absolute Gasteiger partial charge is 0.486 e. The van der Waals surface area contributed by atoms with Crippen LogP contribution in [0.25, 0.3) is 0 Å². The number of hydrogen-bond donors (Lipinski definition) is 0. The van der Waals surface area contributed by atoms with Crippen LogP contribution in [0.5, 0.6) is 5.75 Å². The van der Waals surface area contributed by atoms with Crippen LogP contribution in [-0.2, 0) is 11.2 Å². The number of aromatic nitrogens is 1. The van der Waals surface area contributed by atoms with E-state index in [2.05, 4.69) is 4.98 Å². The van der Waals surface area contributed by atoms with Crippen molar-refractivity contribution in [2.45, 2.75) is 44.1 Å². The first-order valence-electron chi connectivity index (χ1n) is 9.63. The first kappa shape index (κ1) is 17.7. The van der Waals surface area contributed by atoms with E-state index < -0.39 is 5.60 Å². The molecule has 27 heavy (non-hydrogen) atoms. The van der Waals surface area contributed by atoms with Crippen LogP contribution in [0.15, 0.2) is 48.8 Å². The van der Waals surface area contributed by atoms with Gasteiger partial charge in [0.25, 0.3) is 0 Å². The molecule has 1 unspecified atom stereocenters. The second kappa shape index (κ2) is 7.51. The number of amides is 1. The van der Waals surface area contributed by atoms with E-state index in [1.54, 1.807) is 6.20 Å². The normalized spacial score (nSPS) is 22.1. The van der Waals surface area contributed by atoms with Crippen LogP contribution in [0, 0.1) is 0 Å². The molecule has 3 heterocycles. The van der Waals surface area contributed by atoms with E-state index >= 15 is 0 Å². The minimum Gasteiger partial charge on any atom is -0.486 e. The fourth-order valence-electron chi connectivity index (χ4n) is 4.09. The van der Waals surface area contributed by atoms with Gasteiger partial charge in [-0.1, -0.05) is 18.2 Å². The third kappa shape index (κ3) is 3.87. The number of Topliss-reactive ketones (excluding diaryl/α,β-unsaturated/α-hetero) is 1. The Morgan fingerprint density at radius 2 is 2.04 bits per heavy atom. The van der Waals surface area contributed by atoms with Gasteiger partial charge in [-0.3, -0.25) is 14.6 Å². The highest BCUT2D eigenvalue weighted by atomic mass is 16.5. The lowest BCUT2D eigenvalue weighted by Gasteiger charge is -2.37. The molecular formula is C22H24N2O3. The zero-order valence-corrected chi connectivity index (χ0v) is 15.4. The zero-order chi connectivity index (χ0) is 18.7. The van der Waals surface area contributed by atoms with Crippen LogP contribution < -0.4 is 4.74 Å². The van der Waals surface area contributed by atoms with Crippen molar-refractivity contribution >= 4 is 11.7 Å². The fraction of sp³-hybridized carbons (Fsp3) is 0.409. The summed E-state index contributed by atoms with van der Waals surface area (Å²) in [6.07, 6.45) is 7.51. The summed E-state index contributed by atoms with van der Waals surface area (Å²) in [6, 6.07) is 11.4. The molecule has 2 aliphatic rings. The monoisotopic (exact) mass is 364 g/mol. The Morgan fingerprint density at radius 1 is 1.15 bits per heavy atom. The van der Waals surface area contributed by atoms with Crippen molar-refractivity contribution in [3.8, 4) is 5.75 Å². The first-order valence-corrected chi connectivity index (χ1v) is 9.63. The summed E-state index contributed by atoms with van der Waals surface area (Å²) in [6.45, 7) is 1.37. The number of benzene rings is 1. The van der Waals surface area contributed by atoms with Crippen LogP contribution in [0.4, 0.5) is 0 Å². The van der Waals surface area contributed by atoms with E-state index in [9.17, 15) is 9.59 Å². The molecule has 5 heteroatoms. The highest BCUT2D eigenvalue weighted by molar-refractivity contribution is 6.00. The summed E-state index contributed by atoms with van der Waals surface area (Å²) in [4.78, 5) is 31.3. The van der Waals surface area contributed by atoms with E-state index in [1.807, 2.05) is 47.5 Å². The topological polar surface area (TPSA) is 59.5 Å². The molecule has 5 nitrogen and oxygen atoms in total. The molecule has 1 aromatic heterocycles. The van der Waals surface area contributed by atoms with Crippen molar-refractivity contribution < 1.29 is 14.3 Å². The third-order valence-corrected chi connectivity index (χ3v) is 5.60. The zero-order valence-electron chi connectivity index (χ0n) is 15.4. The molecule has 1 spiro atoms.